The maximum Gasteiger partial charge on any atom is 0.0212 e. The molecule has 0 atom stereocenters. The number of hydrogen-bond donors (Lipinski definition) is 0. The van der Waals surface area contributed by atoms with Crippen molar-refractivity contribution in [3.63, 3.8) is 0 Å². The third kappa shape index (κ3) is 9.42. The molecule has 0 aromatic carbocycles. The fourth-order valence-electron chi connectivity index (χ4n) is 7.36. The summed E-state index contributed by atoms with van der Waals surface area (Å²) < 4.78 is 0. The van der Waals surface area contributed by atoms with E-state index in [-0.39, 0.29) is 0 Å². The monoisotopic (exact) mass is 521 g/mol. The molecule has 0 aliphatic carbocycles. The first-order valence-corrected chi connectivity index (χ1v) is 16.4. The maximum absolute atomic E-state index is 2.73. The summed E-state index contributed by atoms with van der Waals surface area (Å²) in [6, 6.07) is 0. The van der Waals surface area contributed by atoms with Gasteiger partial charge in [-0.2, -0.15) is 0 Å². The molecule has 5 saturated heterocycles. The topological polar surface area (TPSA) is 19.4 Å². The van der Waals surface area contributed by atoms with Gasteiger partial charge in [0.15, 0.2) is 0 Å². The Morgan fingerprint density at radius 2 is 0.973 bits per heavy atom. The maximum atomic E-state index is 2.73. The molecule has 5 heterocycles. The summed E-state index contributed by atoms with van der Waals surface area (Å²) in [5.41, 5.74) is 0.721. The largest absolute Gasteiger partial charge is 0.303 e. The first-order valence-electron chi connectivity index (χ1n) is 16.4. The second-order valence-electron chi connectivity index (χ2n) is 12.6. The van der Waals surface area contributed by atoms with Crippen molar-refractivity contribution in [1.82, 2.24) is 29.4 Å². The lowest BCUT2D eigenvalue weighted by molar-refractivity contribution is -0.118. The van der Waals surface area contributed by atoms with Crippen LogP contribution in [0.1, 0.15) is 67.2 Å². The predicted molar refractivity (Wildman–Crippen MR) is 161 cm³/mol. The Kier molecular flexibility index (Phi) is 13.6. The van der Waals surface area contributed by atoms with Gasteiger partial charge >= 0.3 is 0 Å². The summed E-state index contributed by atoms with van der Waals surface area (Å²) >= 11 is 0. The number of likely N-dealkylation sites (tertiary alicyclic amines) is 4. The van der Waals surface area contributed by atoms with Crippen LogP contribution in [0.5, 0.6) is 0 Å². The summed E-state index contributed by atoms with van der Waals surface area (Å²) in [6.45, 7) is 37.0. The van der Waals surface area contributed by atoms with Crippen LogP contribution in [0.15, 0.2) is 0 Å². The van der Waals surface area contributed by atoms with E-state index in [9.17, 15) is 0 Å². The van der Waals surface area contributed by atoms with Crippen LogP contribution in [0.25, 0.3) is 0 Å². The van der Waals surface area contributed by atoms with Crippen LogP contribution in [-0.2, 0) is 0 Å². The smallest absolute Gasteiger partial charge is 0.0212 e. The Morgan fingerprint density at radius 3 is 1.49 bits per heavy atom. The van der Waals surface area contributed by atoms with Gasteiger partial charge in [-0.25, -0.2) is 0 Å². The highest BCUT2D eigenvalue weighted by Crippen LogP contribution is 2.40. The second kappa shape index (κ2) is 16.1. The van der Waals surface area contributed by atoms with Gasteiger partial charge in [0.05, 0.1) is 0 Å². The van der Waals surface area contributed by atoms with Crippen LogP contribution < -0.4 is 0 Å². The van der Waals surface area contributed by atoms with Crippen molar-refractivity contribution in [2.45, 2.75) is 67.2 Å². The van der Waals surface area contributed by atoms with Gasteiger partial charge in [0, 0.05) is 84.0 Å². The molecule has 0 unspecified atom stereocenters. The quantitative estimate of drug-likeness (QED) is 0.434. The Hall–Kier alpha value is -0.240. The van der Waals surface area contributed by atoms with Crippen molar-refractivity contribution in [2.24, 2.45) is 17.3 Å². The van der Waals surface area contributed by atoms with E-state index in [0.717, 1.165) is 17.3 Å². The first kappa shape index (κ1) is 31.3. The van der Waals surface area contributed by atoms with Crippen LogP contribution in [0.2, 0.25) is 0 Å². The third-order valence-electron chi connectivity index (χ3n) is 9.45. The van der Waals surface area contributed by atoms with E-state index in [2.05, 4.69) is 57.1 Å². The van der Waals surface area contributed by atoms with Gasteiger partial charge in [0.2, 0.25) is 0 Å². The van der Waals surface area contributed by atoms with Crippen molar-refractivity contribution in [2.75, 3.05) is 118 Å². The van der Waals surface area contributed by atoms with E-state index in [1.165, 1.54) is 143 Å². The fraction of sp³-hybridized carbons (Fsp3) is 1.00. The zero-order valence-corrected chi connectivity index (χ0v) is 25.9. The number of piperazine rings is 1. The molecule has 0 aromatic heterocycles. The summed E-state index contributed by atoms with van der Waals surface area (Å²) in [7, 11) is 0. The van der Waals surface area contributed by atoms with Crippen molar-refractivity contribution in [3.05, 3.63) is 0 Å². The lowest BCUT2D eigenvalue weighted by Gasteiger charge is -2.61. The highest BCUT2D eigenvalue weighted by atomic mass is 15.3. The van der Waals surface area contributed by atoms with Gasteiger partial charge < -0.3 is 29.4 Å². The molecule has 0 bridgehead atoms. The summed E-state index contributed by atoms with van der Waals surface area (Å²) in [5, 5.41) is 0. The molecule has 1 spiro atoms. The van der Waals surface area contributed by atoms with Crippen molar-refractivity contribution in [1.29, 1.82) is 0 Å². The van der Waals surface area contributed by atoms with E-state index in [4.69, 9.17) is 0 Å². The average molecular weight is 521 g/mol. The first-order chi connectivity index (χ1) is 18.0. The molecule has 0 N–H and O–H groups in total. The molecule has 5 rings (SSSR count). The standard InChI is InChI=1S/C16H31N3.C13H27N3.C2H6/c1-3-7-18-8-5-15(6-9-18)10-19-13-16(14-19)11-17(4-2)12-16;1-3-5-15-6-8-16(9-7-15)12-13-10-14(4-2)11-13;1-2/h15H,3-14H2,1-2H3;13H,3-12H2,1-2H3;1-2H3. The molecule has 6 heteroatoms. The SMILES string of the molecule is CC.CCCN1CCC(CN2CC3(CN(CC)C3)C2)CC1.CCCN1CCN(CC2CN(CC)C2)CC1. The Balaban J connectivity index is 0.000000195. The summed E-state index contributed by atoms with van der Waals surface area (Å²) in [6.07, 6.45) is 5.48. The molecule has 0 saturated carbocycles. The molecule has 6 nitrogen and oxygen atoms in total. The molecule has 5 fully saturated rings. The molecule has 37 heavy (non-hydrogen) atoms. The van der Waals surface area contributed by atoms with Crippen LogP contribution in [-0.4, -0.2) is 147 Å². The minimum absolute atomic E-state index is 0.721. The van der Waals surface area contributed by atoms with Crippen molar-refractivity contribution in [3.8, 4) is 0 Å². The number of piperidine rings is 1. The summed E-state index contributed by atoms with van der Waals surface area (Å²) in [4.78, 5) is 15.8. The molecular weight excluding hydrogens is 456 g/mol. The third-order valence-corrected chi connectivity index (χ3v) is 9.45. The number of hydrogen-bond acceptors (Lipinski definition) is 6. The van der Waals surface area contributed by atoms with Gasteiger partial charge in [-0.05, 0) is 76.8 Å². The lowest BCUT2D eigenvalue weighted by Crippen LogP contribution is -2.72. The van der Waals surface area contributed by atoms with Crippen LogP contribution in [0, 0.1) is 17.3 Å². The van der Waals surface area contributed by atoms with Gasteiger partial charge in [-0.3, -0.25) is 0 Å². The molecular formula is C31H64N6. The van der Waals surface area contributed by atoms with E-state index < -0.39 is 0 Å². The fourth-order valence-corrected chi connectivity index (χ4v) is 7.36. The van der Waals surface area contributed by atoms with Crippen LogP contribution >= 0.6 is 0 Å². The molecule has 0 aromatic rings. The second-order valence-corrected chi connectivity index (χ2v) is 12.6. The van der Waals surface area contributed by atoms with Gasteiger partial charge in [0.25, 0.3) is 0 Å². The Bertz CT molecular complexity index is 579. The Morgan fingerprint density at radius 1 is 0.514 bits per heavy atom. The molecule has 5 aliphatic heterocycles. The lowest BCUT2D eigenvalue weighted by atomic mass is 9.72. The van der Waals surface area contributed by atoms with E-state index >= 15 is 0 Å². The highest BCUT2D eigenvalue weighted by Gasteiger charge is 2.50. The van der Waals surface area contributed by atoms with E-state index in [1.807, 2.05) is 13.8 Å². The normalized spacial score (nSPS) is 26.4. The zero-order valence-electron chi connectivity index (χ0n) is 25.9. The van der Waals surface area contributed by atoms with Crippen LogP contribution in [0.3, 0.4) is 0 Å². The molecule has 0 amide bonds. The number of rotatable bonds is 10. The highest BCUT2D eigenvalue weighted by molar-refractivity contribution is 5.05. The van der Waals surface area contributed by atoms with Crippen molar-refractivity contribution >= 4 is 0 Å². The van der Waals surface area contributed by atoms with Crippen molar-refractivity contribution < 1.29 is 0 Å². The van der Waals surface area contributed by atoms with E-state index in [0.29, 0.717) is 0 Å². The average Bonchev–Trinajstić information content (AvgIpc) is 2.86. The van der Waals surface area contributed by atoms with E-state index in [1.54, 1.807) is 0 Å². The minimum Gasteiger partial charge on any atom is -0.303 e. The minimum atomic E-state index is 0.721. The molecule has 5 aliphatic rings. The molecule has 218 valence electrons. The van der Waals surface area contributed by atoms with Gasteiger partial charge in [-0.1, -0.05) is 41.5 Å². The van der Waals surface area contributed by atoms with Gasteiger partial charge in [-0.15, -0.1) is 0 Å². The van der Waals surface area contributed by atoms with Gasteiger partial charge in [0.1, 0.15) is 0 Å². The zero-order chi connectivity index (χ0) is 26.7. The number of nitrogens with zero attached hydrogens (tertiary/aromatic N) is 6. The van der Waals surface area contributed by atoms with Crippen LogP contribution in [0.4, 0.5) is 0 Å². The predicted octanol–water partition coefficient (Wildman–Crippen LogP) is 3.74. The Labute approximate surface area is 231 Å². The molecule has 0 radical (unpaired) electrons. The summed E-state index contributed by atoms with van der Waals surface area (Å²) in [5.74, 6) is 1.94.